The highest BCUT2D eigenvalue weighted by molar-refractivity contribution is 9.10. The van der Waals surface area contributed by atoms with E-state index in [4.69, 9.17) is 9.47 Å². The second-order valence-corrected chi connectivity index (χ2v) is 6.86. The first-order chi connectivity index (χ1) is 14.1. The van der Waals surface area contributed by atoms with Crippen molar-refractivity contribution in [3.05, 3.63) is 93.7 Å². The number of carbonyl (C=O) groups excluding carboxylic acids is 1. The predicted molar refractivity (Wildman–Crippen MR) is 113 cm³/mol. The lowest BCUT2D eigenvalue weighted by molar-refractivity contribution is 0.0954. The molecule has 0 saturated heterocycles. The topological polar surface area (TPSA) is 59.9 Å². The minimum Gasteiger partial charge on any atom is -0.493 e. The van der Waals surface area contributed by atoms with Gasteiger partial charge in [0, 0.05) is 4.47 Å². The Morgan fingerprint density at radius 3 is 2.59 bits per heavy atom. The highest BCUT2D eigenvalue weighted by atomic mass is 79.9. The Kier molecular flexibility index (Phi) is 6.97. The molecule has 0 atom stereocenters. The van der Waals surface area contributed by atoms with Crippen LogP contribution in [0.15, 0.2) is 76.3 Å². The number of amides is 1. The summed E-state index contributed by atoms with van der Waals surface area (Å²) in [5, 5.41) is 3.99. The number of halogens is 2. The SMILES string of the molecule is COc1cc(/C=N/NC(=O)c2ccccc2Br)ccc1OCc1ccc(F)cc1. The third kappa shape index (κ3) is 5.65. The van der Waals surface area contributed by atoms with Crippen LogP contribution in [0, 0.1) is 5.82 Å². The molecule has 5 nitrogen and oxygen atoms in total. The molecule has 3 rings (SSSR count). The average molecular weight is 457 g/mol. The number of rotatable bonds is 7. The summed E-state index contributed by atoms with van der Waals surface area (Å²) >= 11 is 3.33. The van der Waals surface area contributed by atoms with Gasteiger partial charge in [0.25, 0.3) is 5.91 Å². The van der Waals surface area contributed by atoms with Crippen LogP contribution in [0.3, 0.4) is 0 Å². The van der Waals surface area contributed by atoms with Gasteiger partial charge >= 0.3 is 0 Å². The third-order valence-electron chi connectivity index (χ3n) is 3.99. The lowest BCUT2D eigenvalue weighted by atomic mass is 10.2. The summed E-state index contributed by atoms with van der Waals surface area (Å²) in [4.78, 5) is 12.2. The molecule has 0 aliphatic rings. The molecule has 0 bridgehead atoms. The molecule has 1 amide bonds. The Hall–Kier alpha value is -3.19. The highest BCUT2D eigenvalue weighted by Gasteiger charge is 2.08. The van der Waals surface area contributed by atoms with Crippen molar-refractivity contribution in [2.75, 3.05) is 7.11 Å². The van der Waals surface area contributed by atoms with E-state index in [1.807, 2.05) is 6.07 Å². The molecule has 3 aromatic carbocycles. The number of benzene rings is 3. The molecular formula is C22H18BrFN2O3. The minimum atomic E-state index is -0.319. The highest BCUT2D eigenvalue weighted by Crippen LogP contribution is 2.28. The van der Waals surface area contributed by atoms with Crippen LogP contribution in [0.4, 0.5) is 4.39 Å². The van der Waals surface area contributed by atoms with Crippen LogP contribution < -0.4 is 14.9 Å². The molecule has 0 unspecified atom stereocenters. The molecular weight excluding hydrogens is 439 g/mol. The molecule has 0 saturated carbocycles. The number of methoxy groups -OCH3 is 1. The van der Waals surface area contributed by atoms with Crippen molar-refractivity contribution in [3.63, 3.8) is 0 Å². The van der Waals surface area contributed by atoms with Crippen molar-refractivity contribution in [2.45, 2.75) is 6.61 Å². The first-order valence-electron chi connectivity index (χ1n) is 8.70. The van der Waals surface area contributed by atoms with Crippen molar-refractivity contribution in [1.82, 2.24) is 5.43 Å². The van der Waals surface area contributed by atoms with E-state index in [0.29, 0.717) is 21.5 Å². The number of ether oxygens (including phenoxy) is 2. The van der Waals surface area contributed by atoms with Gasteiger partial charge in [0.05, 0.1) is 18.9 Å². The van der Waals surface area contributed by atoms with E-state index in [9.17, 15) is 9.18 Å². The number of nitrogens with zero attached hydrogens (tertiary/aromatic N) is 1. The second-order valence-electron chi connectivity index (χ2n) is 6.00. The zero-order valence-corrected chi connectivity index (χ0v) is 17.1. The number of hydrazone groups is 1. The molecule has 0 aromatic heterocycles. The van der Waals surface area contributed by atoms with Crippen LogP contribution in [0.25, 0.3) is 0 Å². The minimum absolute atomic E-state index is 0.284. The summed E-state index contributed by atoms with van der Waals surface area (Å²) in [6, 6.07) is 18.5. The second kappa shape index (κ2) is 9.84. The van der Waals surface area contributed by atoms with Crippen LogP contribution in [-0.4, -0.2) is 19.2 Å². The lowest BCUT2D eigenvalue weighted by Gasteiger charge is -2.11. The zero-order valence-electron chi connectivity index (χ0n) is 15.6. The van der Waals surface area contributed by atoms with Crippen LogP contribution >= 0.6 is 15.9 Å². The van der Waals surface area contributed by atoms with Gasteiger partial charge in [-0.1, -0.05) is 24.3 Å². The number of nitrogens with one attached hydrogen (secondary N) is 1. The normalized spacial score (nSPS) is 10.7. The molecule has 0 heterocycles. The summed E-state index contributed by atoms with van der Waals surface area (Å²) in [5.74, 6) is 0.459. The summed E-state index contributed by atoms with van der Waals surface area (Å²) in [6.07, 6.45) is 1.51. The van der Waals surface area contributed by atoms with Gasteiger partial charge in [-0.2, -0.15) is 5.10 Å². The van der Waals surface area contributed by atoms with Crippen LogP contribution in [-0.2, 0) is 6.61 Å². The molecule has 7 heteroatoms. The number of carbonyl (C=O) groups is 1. The zero-order chi connectivity index (χ0) is 20.6. The third-order valence-corrected chi connectivity index (χ3v) is 4.68. The molecule has 0 fully saturated rings. The summed E-state index contributed by atoms with van der Waals surface area (Å²) in [6.45, 7) is 0.284. The number of hydrogen-bond donors (Lipinski definition) is 1. The monoisotopic (exact) mass is 456 g/mol. The van der Waals surface area contributed by atoms with Gasteiger partial charge in [0.2, 0.25) is 0 Å². The maximum absolute atomic E-state index is 13.0. The van der Waals surface area contributed by atoms with E-state index < -0.39 is 0 Å². The standard InChI is InChI=1S/C22H18BrFN2O3/c1-28-21-12-16(13-25-26-22(27)18-4-2-3-5-19(18)23)8-11-20(21)29-14-15-6-9-17(24)10-7-15/h2-13H,14H2,1H3,(H,26,27)/b25-13+. The van der Waals surface area contributed by atoms with Crippen molar-refractivity contribution < 1.29 is 18.7 Å². The van der Waals surface area contributed by atoms with Crippen molar-refractivity contribution >= 4 is 28.1 Å². The fraction of sp³-hybridized carbons (Fsp3) is 0.0909. The van der Waals surface area contributed by atoms with Crippen LogP contribution in [0.1, 0.15) is 21.5 Å². The molecule has 0 spiro atoms. The van der Waals surface area contributed by atoms with E-state index >= 15 is 0 Å². The molecule has 0 aliphatic heterocycles. The Labute approximate surface area is 176 Å². The van der Waals surface area contributed by atoms with Gasteiger partial charge in [-0.3, -0.25) is 4.79 Å². The fourth-order valence-corrected chi connectivity index (χ4v) is 2.96. The Bertz CT molecular complexity index is 1020. The van der Waals surface area contributed by atoms with Gasteiger partial charge in [-0.05, 0) is 69.5 Å². The first kappa shape index (κ1) is 20.5. The Morgan fingerprint density at radius 2 is 1.86 bits per heavy atom. The first-order valence-corrected chi connectivity index (χ1v) is 9.49. The van der Waals surface area contributed by atoms with E-state index in [-0.39, 0.29) is 18.3 Å². The van der Waals surface area contributed by atoms with Gasteiger partial charge < -0.3 is 9.47 Å². The molecule has 3 aromatic rings. The van der Waals surface area contributed by atoms with Crippen molar-refractivity contribution in [3.8, 4) is 11.5 Å². The molecule has 0 radical (unpaired) electrons. The molecule has 148 valence electrons. The summed E-state index contributed by atoms with van der Waals surface area (Å²) in [7, 11) is 1.54. The number of hydrogen-bond acceptors (Lipinski definition) is 4. The molecule has 29 heavy (non-hydrogen) atoms. The van der Waals surface area contributed by atoms with Gasteiger partial charge in [-0.15, -0.1) is 0 Å². The maximum Gasteiger partial charge on any atom is 0.272 e. The van der Waals surface area contributed by atoms with Gasteiger partial charge in [-0.25, -0.2) is 9.82 Å². The van der Waals surface area contributed by atoms with E-state index in [1.54, 1.807) is 48.5 Å². The largest absolute Gasteiger partial charge is 0.493 e. The lowest BCUT2D eigenvalue weighted by Crippen LogP contribution is -2.18. The van der Waals surface area contributed by atoms with Gasteiger partial charge in [0.15, 0.2) is 11.5 Å². The van der Waals surface area contributed by atoms with Crippen molar-refractivity contribution in [1.29, 1.82) is 0 Å². The average Bonchev–Trinajstić information content (AvgIpc) is 2.74. The quantitative estimate of drug-likeness (QED) is 0.404. The fourth-order valence-electron chi connectivity index (χ4n) is 2.50. The smallest absolute Gasteiger partial charge is 0.272 e. The maximum atomic E-state index is 13.0. The molecule has 0 aliphatic carbocycles. The van der Waals surface area contributed by atoms with E-state index in [2.05, 4.69) is 26.5 Å². The van der Waals surface area contributed by atoms with E-state index in [0.717, 1.165) is 11.1 Å². The van der Waals surface area contributed by atoms with E-state index in [1.165, 1.54) is 25.5 Å². The Morgan fingerprint density at radius 1 is 1.10 bits per heavy atom. The van der Waals surface area contributed by atoms with Gasteiger partial charge in [0.1, 0.15) is 12.4 Å². The predicted octanol–water partition coefficient (Wildman–Crippen LogP) is 4.94. The van der Waals surface area contributed by atoms with Crippen LogP contribution in [0.2, 0.25) is 0 Å². The molecule has 1 N–H and O–H groups in total. The summed E-state index contributed by atoms with van der Waals surface area (Å²) < 4.78 is 24.8. The van der Waals surface area contributed by atoms with Crippen molar-refractivity contribution in [2.24, 2.45) is 5.10 Å². The summed E-state index contributed by atoms with van der Waals surface area (Å²) in [5.41, 5.74) is 4.55. The van der Waals surface area contributed by atoms with Crippen LogP contribution in [0.5, 0.6) is 11.5 Å². The Balaban J connectivity index is 1.63.